The third-order valence-electron chi connectivity index (χ3n) is 1.49. The van der Waals surface area contributed by atoms with Crippen LogP contribution in [-0.2, 0) is 0 Å². The Bertz CT molecular complexity index is 299. The Balaban J connectivity index is 3.27. The molecule has 0 saturated heterocycles. The number of pyridine rings is 1. The van der Waals surface area contributed by atoms with Gasteiger partial charge in [0.15, 0.2) is 5.82 Å². The summed E-state index contributed by atoms with van der Waals surface area (Å²) in [6, 6.07) is 0. The van der Waals surface area contributed by atoms with Gasteiger partial charge in [-0.3, -0.25) is 4.98 Å². The predicted octanol–water partition coefficient (Wildman–Crippen LogP) is 2.05. The van der Waals surface area contributed by atoms with Gasteiger partial charge in [-0.2, -0.15) is 0 Å². The Morgan fingerprint density at radius 1 is 1.50 bits per heavy atom. The van der Waals surface area contributed by atoms with Crippen molar-refractivity contribution in [1.82, 2.24) is 4.98 Å². The van der Waals surface area contributed by atoms with E-state index in [0.717, 1.165) is 6.20 Å². The quantitative estimate of drug-likeness (QED) is 0.711. The predicted molar refractivity (Wildman–Crippen MR) is 38.3 cm³/mol. The summed E-state index contributed by atoms with van der Waals surface area (Å²) >= 11 is 0. The van der Waals surface area contributed by atoms with Crippen molar-refractivity contribution in [2.45, 2.75) is 13.3 Å². The van der Waals surface area contributed by atoms with Gasteiger partial charge in [-0.05, 0) is 12.5 Å². The molecule has 1 heterocycles. The van der Waals surface area contributed by atoms with Gasteiger partial charge >= 0.3 is 0 Å². The van der Waals surface area contributed by atoms with Gasteiger partial charge in [-0.15, -0.1) is 0 Å². The lowest BCUT2D eigenvalue weighted by Gasteiger charge is -2.04. The molecule has 0 atom stereocenters. The minimum Gasteiger partial charge on any atom is -0.396 e. The number of anilines is 1. The summed E-state index contributed by atoms with van der Waals surface area (Å²) in [5.41, 5.74) is 4.38. The van der Waals surface area contributed by atoms with Crippen LogP contribution in [0.3, 0.4) is 0 Å². The minimum atomic E-state index is -2.92. The van der Waals surface area contributed by atoms with Crippen LogP contribution in [-0.4, -0.2) is 4.98 Å². The first-order chi connectivity index (χ1) is 5.54. The number of hydrogen-bond acceptors (Lipinski definition) is 2. The highest BCUT2D eigenvalue weighted by atomic mass is 19.3. The molecular weight excluding hydrogens is 169 g/mol. The summed E-state index contributed by atoms with van der Waals surface area (Å²) in [6.07, 6.45) is -1.80. The second-order valence-electron chi connectivity index (χ2n) is 2.35. The van der Waals surface area contributed by atoms with Crippen molar-refractivity contribution in [1.29, 1.82) is 0 Å². The van der Waals surface area contributed by atoms with Crippen LogP contribution in [0.2, 0.25) is 0 Å². The van der Waals surface area contributed by atoms with Crippen LogP contribution in [0.5, 0.6) is 0 Å². The maximum Gasteiger partial charge on any atom is 0.283 e. The first-order valence-corrected chi connectivity index (χ1v) is 3.22. The Morgan fingerprint density at radius 3 is 2.58 bits per heavy atom. The van der Waals surface area contributed by atoms with Crippen molar-refractivity contribution >= 4 is 5.69 Å². The van der Waals surface area contributed by atoms with Gasteiger partial charge in [0, 0.05) is 6.20 Å². The van der Waals surface area contributed by atoms with Gasteiger partial charge in [-0.25, -0.2) is 13.2 Å². The van der Waals surface area contributed by atoms with E-state index in [1.54, 1.807) is 0 Å². The van der Waals surface area contributed by atoms with Crippen molar-refractivity contribution in [3.05, 3.63) is 23.3 Å². The van der Waals surface area contributed by atoms with E-state index in [1.807, 2.05) is 0 Å². The fraction of sp³-hybridized carbons (Fsp3) is 0.286. The third-order valence-corrected chi connectivity index (χ3v) is 1.49. The molecule has 0 aromatic carbocycles. The topological polar surface area (TPSA) is 38.9 Å². The minimum absolute atomic E-state index is 0.264. The Labute approximate surface area is 67.2 Å². The van der Waals surface area contributed by atoms with E-state index in [0.29, 0.717) is 5.56 Å². The van der Waals surface area contributed by atoms with Crippen molar-refractivity contribution in [2.75, 3.05) is 5.73 Å². The van der Waals surface area contributed by atoms with Crippen molar-refractivity contribution in [3.8, 4) is 0 Å². The summed E-state index contributed by atoms with van der Waals surface area (Å²) < 4.78 is 36.8. The highest BCUT2D eigenvalue weighted by Crippen LogP contribution is 2.24. The lowest BCUT2D eigenvalue weighted by molar-refractivity contribution is 0.140. The zero-order valence-electron chi connectivity index (χ0n) is 6.31. The van der Waals surface area contributed by atoms with Gasteiger partial charge in [-0.1, -0.05) is 0 Å². The van der Waals surface area contributed by atoms with Gasteiger partial charge in [0.25, 0.3) is 6.43 Å². The van der Waals surface area contributed by atoms with Gasteiger partial charge in [0.05, 0.1) is 5.69 Å². The average molecular weight is 176 g/mol. The molecule has 0 amide bonds. The number of rotatable bonds is 1. The average Bonchev–Trinajstić information content (AvgIpc) is 2.00. The summed E-state index contributed by atoms with van der Waals surface area (Å²) in [7, 11) is 0. The van der Waals surface area contributed by atoms with E-state index in [1.165, 1.54) is 6.92 Å². The summed E-state index contributed by atoms with van der Waals surface area (Å²) in [6.45, 7) is 1.50. The van der Waals surface area contributed by atoms with Crippen LogP contribution in [0.1, 0.15) is 17.7 Å². The number of nitrogen functional groups attached to an aromatic ring is 1. The normalized spacial score (nSPS) is 10.8. The standard InChI is InChI=1S/C7H7F3N2/c1-3-2-12-6(7(9)10)4(8)5(3)11/h2,7H,1H3,(H2,11,12). The molecule has 0 aliphatic rings. The first kappa shape index (κ1) is 8.83. The van der Waals surface area contributed by atoms with Crippen LogP contribution in [0.15, 0.2) is 6.20 Å². The Morgan fingerprint density at radius 2 is 2.08 bits per heavy atom. The van der Waals surface area contributed by atoms with Gasteiger partial charge in [0.2, 0.25) is 0 Å². The number of aryl methyl sites for hydroxylation is 1. The molecule has 0 spiro atoms. The van der Waals surface area contributed by atoms with Gasteiger partial charge < -0.3 is 5.73 Å². The lowest BCUT2D eigenvalue weighted by Crippen LogP contribution is -2.02. The van der Waals surface area contributed by atoms with E-state index in [2.05, 4.69) is 4.98 Å². The van der Waals surface area contributed by atoms with Gasteiger partial charge in [0.1, 0.15) is 5.69 Å². The molecule has 0 saturated carbocycles. The van der Waals surface area contributed by atoms with E-state index in [-0.39, 0.29) is 5.69 Å². The van der Waals surface area contributed by atoms with Crippen molar-refractivity contribution in [3.63, 3.8) is 0 Å². The monoisotopic (exact) mass is 176 g/mol. The molecule has 12 heavy (non-hydrogen) atoms. The molecular formula is C7H7F3N2. The molecule has 0 radical (unpaired) electrons. The maximum atomic E-state index is 12.8. The molecule has 1 aromatic rings. The SMILES string of the molecule is Cc1cnc(C(F)F)c(F)c1N. The van der Waals surface area contributed by atoms with Crippen LogP contribution in [0.4, 0.5) is 18.9 Å². The van der Waals surface area contributed by atoms with E-state index in [4.69, 9.17) is 5.73 Å². The van der Waals surface area contributed by atoms with E-state index in [9.17, 15) is 13.2 Å². The van der Waals surface area contributed by atoms with Crippen LogP contribution >= 0.6 is 0 Å². The molecule has 2 N–H and O–H groups in total. The maximum absolute atomic E-state index is 12.8. The molecule has 5 heteroatoms. The largest absolute Gasteiger partial charge is 0.396 e. The number of hydrogen-bond donors (Lipinski definition) is 1. The van der Waals surface area contributed by atoms with Crippen LogP contribution in [0, 0.1) is 12.7 Å². The molecule has 1 rings (SSSR count). The van der Waals surface area contributed by atoms with E-state index < -0.39 is 17.9 Å². The molecule has 1 aromatic heterocycles. The molecule has 0 aliphatic heterocycles. The molecule has 0 bridgehead atoms. The Hall–Kier alpha value is -1.26. The second kappa shape index (κ2) is 3.00. The van der Waals surface area contributed by atoms with Crippen LogP contribution in [0.25, 0.3) is 0 Å². The smallest absolute Gasteiger partial charge is 0.283 e. The molecule has 0 unspecified atom stereocenters. The van der Waals surface area contributed by atoms with Crippen molar-refractivity contribution in [2.24, 2.45) is 0 Å². The molecule has 66 valence electrons. The number of alkyl halides is 2. The number of nitrogens with two attached hydrogens (primary N) is 1. The Kier molecular flexibility index (Phi) is 2.21. The fourth-order valence-electron chi connectivity index (χ4n) is 0.756. The zero-order valence-corrected chi connectivity index (χ0v) is 6.31. The lowest BCUT2D eigenvalue weighted by atomic mass is 10.2. The first-order valence-electron chi connectivity index (χ1n) is 3.22. The summed E-state index contributed by atoms with van der Waals surface area (Å²) in [5, 5.41) is 0. The third kappa shape index (κ3) is 1.34. The molecule has 2 nitrogen and oxygen atoms in total. The summed E-state index contributed by atoms with van der Waals surface area (Å²) in [5.74, 6) is -1.12. The summed E-state index contributed by atoms with van der Waals surface area (Å²) in [4.78, 5) is 3.23. The zero-order chi connectivity index (χ0) is 9.30. The molecule has 0 aliphatic carbocycles. The fourth-order valence-corrected chi connectivity index (χ4v) is 0.756. The number of nitrogens with zero attached hydrogens (tertiary/aromatic N) is 1. The highest BCUT2D eigenvalue weighted by Gasteiger charge is 2.17. The van der Waals surface area contributed by atoms with Crippen LogP contribution < -0.4 is 5.73 Å². The number of halogens is 3. The highest BCUT2D eigenvalue weighted by molar-refractivity contribution is 5.47. The molecule has 0 fully saturated rings. The second-order valence-corrected chi connectivity index (χ2v) is 2.35. The number of aromatic nitrogens is 1. The van der Waals surface area contributed by atoms with E-state index >= 15 is 0 Å². The van der Waals surface area contributed by atoms with Crippen molar-refractivity contribution < 1.29 is 13.2 Å².